The lowest BCUT2D eigenvalue weighted by atomic mass is 9.94. The van der Waals surface area contributed by atoms with Crippen molar-refractivity contribution in [1.82, 2.24) is 19.5 Å². The third kappa shape index (κ3) is 5.34. The number of benzene rings is 5. The van der Waals surface area contributed by atoms with Gasteiger partial charge in [-0.25, -0.2) is 4.98 Å². The van der Waals surface area contributed by atoms with Crippen molar-refractivity contribution in [2.24, 2.45) is 0 Å². The van der Waals surface area contributed by atoms with Crippen LogP contribution in [0.1, 0.15) is 5.56 Å². The first-order chi connectivity index (χ1) is 23.1. The maximum Gasteiger partial charge on any atom is 0.149 e. The van der Waals surface area contributed by atoms with Crippen LogP contribution in [0.25, 0.3) is 72.7 Å². The van der Waals surface area contributed by atoms with Crippen molar-refractivity contribution < 1.29 is 5.11 Å². The van der Waals surface area contributed by atoms with E-state index in [9.17, 15) is 5.11 Å². The summed E-state index contributed by atoms with van der Waals surface area (Å²) in [5, 5.41) is 11.0. The average Bonchev–Trinajstić information content (AvgIpc) is 3.53. The summed E-state index contributed by atoms with van der Waals surface area (Å²) in [6.07, 6.45) is 5.60. The number of aromatic hydroxyl groups is 1. The zero-order chi connectivity index (χ0) is 31.7. The molecule has 0 atom stereocenters. The molecule has 5 aromatic carbocycles. The van der Waals surface area contributed by atoms with E-state index in [1.54, 1.807) is 6.07 Å². The van der Waals surface area contributed by atoms with Crippen molar-refractivity contribution in [1.29, 1.82) is 0 Å². The molecule has 5 heteroatoms. The lowest BCUT2D eigenvalue weighted by molar-refractivity contribution is 0.476. The maximum atomic E-state index is 11.0. The van der Waals surface area contributed by atoms with Gasteiger partial charge in [0.05, 0.1) is 23.0 Å². The second-order valence-electron chi connectivity index (χ2n) is 11.6. The summed E-state index contributed by atoms with van der Waals surface area (Å²) in [5.41, 5.74) is 12.4. The summed E-state index contributed by atoms with van der Waals surface area (Å²) in [5.74, 6) is 0.827. The summed E-state index contributed by atoms with van der Waals surface area (Å²) in [6.45, 7) is 2.02. The van der Waals surface area contributed by atoms with E-state index in [0.29, 0.717) is 11.4 Å². The van der Waals surface area contributed by atoms with Gasteiger partial charge in [-0.3, -0.25) is 14.5 Å². The monoisotopic (exact) mass is 606 g/mol. The molecule has 3 heterocycles. The van der Waals surface area contributed by atoms with Gasteiger partial charge in [-0.2, -0.15) is 0 Å². The fourth-order valence-electron chi connectivity index (χ4n) is 6.18. The van der Waals surface area contributed by atoms with Gasteiger partial charge in [0.25, 0.3) is 0 Å². The van der Waals surface area contributed by atoms with Crippen LogP contribution in [0.2, 0.25) is 0 Å². The highest BCUT2D eigenvalue weighted by molar-refractivity contribution is 5.97. The number of aryl methyl sites for hydroxylation is 1. The molecule has 0 unspecified atom stereocenters. The molecule has 0 aliphatic rings. The first kappa shape index (κ1) is 28.2. The van der Waals surface area contributed by atoms with Crippen molar-refractivity contribution in [3.05, 3.63) is 164 Å². The Morgan fingerprint density at radius 1 is 0.553 bits per heavy atom. The van der Waals surface area contributed by atoms with Gasteiger partial charge in [0.2, 0.25) is 0 Å². The number of phenols is 1. The molecule has 5 nitrogen and oxygen atoms in total. The number of pyridine rings is 2. The first-order valence-corrected chi connectivity index (χ1v) is 15.6. The lowest BCUT2D eigenvalue weighted by Crippen LogP contribution is -1.98. The number of nitrogens with zero attached hydrogens (tertiary/aromatic N) is 4. The Kier molecular flexibility index (Phi) is 7.12. The summed E-state index contributed by atoms with van der Waals surface area (Å²) >= 11 is 0. The van der Waals surface area contributed by atoms with Crippen LogP contribution >= 0.6 is 0 Å². The van der Waals surface area contributed by atoms with Crippen molar-refractivity contribution in [3.8, 4) is 67.5 Å². The van der Waals surface area contributed by atoms with Crippen molar-refractivity contribution in [2.75, 3.05) is 0 Å². The largest absolute Gasteiger partial charge is 0.507 e. The molecule has 8 aromatic rings. The Labute approximate surface area is 273 Å². The van der Waals surface area contributed by atoms with Crippen LogP contribution in [0.5, 0.6) is 5.75 Å². The van der Waals surface area contributed by atoms with Crippen molar-refractivity contribution in [3.63, 3.8) is 0 Å². The summed E-state index contributed by atoms with van der Waals surface area (Å²) < 4.78 is 2.08. The number of imidazole rings is 1. The Morgan fingerprint density at radius 3 is 1.96 bits per heavy atom. The van der Waals surface area contributed by atoms with E-state index in [1.807, 2.05) is 86.2 Å². The van der Waals surface area contributed by atoms with E-state index in [-0.39, 0.29) is 5.75 Å². The van der Waals surface area contributed by atoms with E-state index in [2.05, 4.69) is 77.4 Å². The molecule has 224 valence electrons. The number of fused-ring (bicyclic) bond motifs is 1. The second kappa shape index (κ2) is 11.9. The van der Waals surface area contributed by atoms with E-state index in [0.717, 1.165) is 66.9 Å². The maximum absolute atomic E-state index is 11.0. The second-order valence-corrected chi connectivity index (χ2v) is 11.6. The molecule has 0 bridgehead atoms. The van der Waals surface area contributed by atoms with Crippen LogP contribution < -0.4 is 0 Å². The minimum absolute atomic E-state index is 0.176. The average molecular weight is 607 g/mol. The topological polar surface area (TPSA) is 63.8 Å². The SMILES string of the molecule is Cc1ccc(O)c(-c2nc3c(-c4cc(-c5ccccc5)cc(-c5cc(-c6ccccc6)ccn5)c4)cncc3n2-c2ccccc2)c1. The quantitative estimate of drug-likeness (QED) is 0.205. The Balaban J connectivity index is 1.37. The lowest BCUT2D eigenvalue weighted by Gasteiger charge is -2.12. The van der Waals surface area contributed by atoms with Gasteiger partial charge in [-0.1, -0.05) is 90.5 Å². The van der Waals surface area contributed by atoms with Crippen LogP contribution in [0, 0.1) is 6.92 Å². The first-order valence-electron chi connectivity index (χ1n) is 15.6. The zero-order valence-corrected chi connectivity index (χ0v) is 25.7. The molecule has 47 heavy (non-hydrogen) atoms. The van der Waals surface area contributed by atoms with Crippen molar-refractivity contribution >= 4 is 11.0 Å². The molecule has 0 fully saturated rings. The molecule has 0 saturated heterocycles. The normalized spacial score (nSPS) is 11.2. The number of para-hydroxylation sites is 1. The van der Waals surface area contributed by atoms with E-state index >= 15 is 0 Å². The standard InChI is InChI=1S/C42H30N4O/c1-28-17-18-40(47)36(21-28)42-45-41-37(26-43-27-39(41)46(42)35-15-9-4-10-16-35)33-22-32(30-13-7-3-8-14-30)23-34(24-33)38-25-31(19-20-44-38)29-11-5-2-6-12-29/h2-27,47H,1H3. The Morgan fingerprint density at radius 2 is 1.21 bits per heavy atom. The molecule has 0 aliphatic heterocycles. The van der Waals surface area contributed by atoms with Gasteiger partial charge < -0.3 is 5.11 Å². The molecule has 3 aromatic heterocycles. The molecule has 0 spiro atoms. The predicted molar refractivity (Wildman–Crippen MR) is 190 cm³/mol. The summed E-state index contributed by atoms with van der Waals surface area (Å²) in [6, 6.07) is 47.2. The molecule has 0 aliphatic carbocycles. The zero-order valence-electron chi connectivity index (χ0n) is 25.7. The molecule has 0 saturated carbocycles. The highest BCUT2D eigenvalue weighted by Gasteiger charge is 2.21. The minimum Gasteiger partial charge on any atom is -0.507 e. The van der Waals surface area contributed by atoms with E-state index in [4.69, 9.17) is 15.0 Å². The van der Waals surface area contributed by atoms with Gasteiger partial charge in [0, 0.05) is 29.2 Å². The van der Waals surface area contributed by atoms with Gasteiger partial charge >= 0.3 is 0 Å². The van der Waals surface area contributed by atoms with E-state index in [1.165, 1.54) is 0 Å². The number of hydrogen-bond acceptors (Lipinski definition) is 4. The molecular weight excluding hydrogens is 576 g/mol. The molecule has 1 N–H and O–H groups in total. The van der Waals surface area contributed by atoms with Crippen LogP contribution in [0.4, 0.5) is 0 Å². The molecule has 0 radical (unpaired) electrons. The van der Waals surface area contributed by atoms with Gasteiger partial charge in [-0.15, -0.1) is 0 Å². The number of hydrogen-bond donors (Lipinski definition) is 1. The molecule has 8 rings (SSSR count). The van der Waals surface area contributed by atoms with Gasteiger partial charge in [-0.05, 0) is 89.3 Å². The van der Waals surface area contributed by atoms with Gasteiger partial charge in [0.15, 0.2) is 0 Å². The molecule has 0 amide bonds. The highest BCUT2D eigenvalue weighted by Crippen LogP contribution is 2.39. The highest BCUT2D eigenvalue weighted by atomic mass is 16.3. The van der Waals surface area contributed by atoms with Gasteiger partial charge in [0.1, 0.15) is 17.1 Å². The minimum atomic E-state index is 0.176. The third-order valence-electron chi connectivity index (χ3n) is 8.49. The predicted octanol–water partition coefficient (Wildman–Crippen LogP) is 10.2. The summed E-state index contributed by atoms with van der Waals surface area (Å²) in [7, 11) is 0. The van der Waals surface area contributed by atoms with Crippen LogP contribution in [0.15, 0.2) is 158 Å². The fourth-order valence-corrected chi connectivity index (χ4v) is 6.18. The van der Waals surface area contributed by atoms with E-state index < -0.39 is 0 Å². The number of aromatic nitrogens is 4. The Hall–Kier alpha value is -6.33. The Bertz CT molecular complexity index is 2370. The van der Waals surface area contributed by atoms with Crippen LogP contribution in [-0.4, -0.2) is 24.6 Å². The van der Waals surface area contributed by atoms with Crippen molar-refractivity contribution in [2.45, 2.75) is 6.92 Å². The fraction of sp³-hybridized carbons (Fsp3) is 0.0238. The number of rotatable bonds is 6. The smallest absolute Gasteiger partial charge is 0.149 e. The third-order valence-corrected chi connectivity index (χ3v) is 8.49. The number of phenolic OH excluding ortho intramolecular Hbond substituents is 1. The van der Waals surface area contributed by atoms with Crippen LogP contribution in [0.3, 0.4) is 0 Å². The summed E-state index contributed by atoms with van der Waals surface area (Å²) in [4.78, 5) is 14.8. The van der Waals surface area contributed by atoms with Crippen LogP contribution in [-0.2, 0) is 0 Å². The molecular formula is C42H30N4O.